The Morgan fingerprint density at radius 3 is 2.61 bits per heavy atom. The topological polar surface area (TPSA) is 38.8 Å². The normalized spacial score (nSPS) is 12.1. The van der Waals surface area contributed by atoms with Crippen LogP contribution in [-0.4, -0.2) is 38.2 Å². The molecule has 1 aromatic rings. The van der Waals surface area contributed by atoms with E-state index in [1.807, 2.05) is 0 Å². The van der Waals surface area contributed by atoms with Gasteiger partial charge in [-0.2, -0.15) is 0 Å². The quantitative estimate of drug-likeness (QED) is 0.805. The Morgan fingerprint density at radius 2 is 2.11 bits per heavy atom. The summed E-state index contributed by atoms with van der Waals surface area (Å²) in [6, 6.07) is 4.63. The fraction of sp³-hybridized carbons (Fsp3) is 0.462. The minimum atomic E-state index is -0.502. The molecule has 1 amide bonds. The van der Waals surface area contributed by atoms with Crippen LogP contribution in [0.25, 0.3) is 0 Å². The van der Waals surface area contributed by atoms with E-state index in [1.54, 1.807) is 26.1 Å². The van der Waals surface area contributed by atoms with Gasteiger partial charge in [-0.25, -0.2) is 4.39 Å². The number of rotatable bonds is 5. The maximum Gasteiger partial charge on any atom is 0.251 e. The first-order valence-corrected chi connectivity index (χ1v) is 5.59. The number of methoxy groups -OCH3 is 2. The van der Waals surface area contributed by atoms with Crippen molar-refractivity contribution in [3.8, 4) is 5.75 Å². The minimum Gasteiger partial charge on any atom is -0.494 e. The number of amides is 1. The molecule has 0 aliphatic carbocycles. The summed E-state index contributed by atoms with van der Waals surface area (Å²) in [6.07, 6.45) is -0.502. The fourth-order valence-corrected chi connectivity index (χ4v) is 1.57. The third kappa shape index (κ3) is 3.43. The smallest absolute Gasteiger partial charge is 0.251 e. The molecule has 18 heavy (non-hydrogen) atoms. The molecule has 0 saturated heterocycles. The second-order valence-corrected chi connectivity index (χ2v) is 4.04. The summed E-state index contributed by atoms with van der Waals surface area (Å²) >= 11 is 0. The zero-order valence-electron chi connectivity index (χ0n) is 11.1. The van der Waals surface area contributed by atoms with Crippen molar-refractivity contribution in [2.75, 3.05) is 21.3 Å². The molecule has 0 saturated carbocycles. The van der Waals surface area contributed by atoms with Crippen LogP contribution < -0.4 is 4.74 Å². The number of carbonyl (C=O) groups excluding carboxylic acids is 1. The SMILES string of the molecule is COc1ccc(CN(C)C(=O)C(C)OC)cc1F. The van der Waals surface area contributed by atoms with Crippen LogP contribution >= 0.6 is 0 Å². The molecule has 100 valence electrons. The first-order chi connectivity index (χ1) is 8.49. The molecule has 0 N–H and O–H groups in total. The van der Waals surface area contributed by atoms with E-state index in [0.717, 1.165) is 0 Å². The Morgan fingerprint density at radius 1 is 1.44 bits per heavy atom. The average molecular weight is 255 g/mol. The van der Waals surface area contributed by atoms with Gasteiger partial charge in [-0.3, -0.25) is 4.79 Å². The van der Waals surface area contributed by atoms with Gasteiger partial charge in [-0.05, 0) is 24.6 Å². The Labute approximate surface area is 106 Å². The lowest BCUT2D eigenvalue weighted by Gasteiger charge is -2.20. The lowest BCUT2D eigenvalue weighted by molar-refractivity contribution is -0.140. The first-order valence-electron chi connectivity index (χ1n) is 5.59. The zero-order chi connectivity index (χ0) is 13.7. The highest BCUT2D eigenvalue weighted by atomic mass is 19.1. The molecule has 0 fully saturated rings. The van der Waals surface area contributed by atoms with E-state index in [9.17, 15) is 9.18 Å². The standard InChI is InChI=1S/C13H18FNO3/c1-9(17-3)13(16)15(2)8-10-5-6-12(18-4)11(14)7-10/h5-7,9H,8H2,1-4H3. The predicted octanol–water partition coefficient (Wildman–Crippen LogP) is 1.83. The van der Waals surface area contributed by atoms with Crippen molar-refractivity contribution >= 4 is 5.91 Å². The van der Waals surface area contributed by atoms with Gasteiger partial charge in [-0.1, -0.05) is 6.07 Å². The molecule has 0 aromatic heterocycles. The maximum atomic E-state index is 13.5. The third-order valence-corrected chi connectivity index (χ3v) is 2.71. The lowest BCUT2D eigenvalue weighted by Crippen LogP contribution is -2.35. The molecule has 1 aromatic carbocycles. The van der Waals surface area contributed by atoms with Crippen LogP contribution in [0.4, 0.5) is 4.39 Å². The molecule has 0 radical (unpaired) electrons. The van der Waals surface area contributed by atoms with Gasteiger partial charge >= 0.3 is 0 Å². The number of ether oxygens (including phenoxy) is 2. The molecule has 0 bridgehead atoms. The van der Waals surface area contributed by atoms with Crippen molar-refractivity contribution < 1.29 is 18.7 Å². The summed E-state index contributed by atoms with van der Waals surface area (Å²) in [6.45, 7) is 2.00. The van der Waals surface area contributed by atoms with Gasteiger partial charge in [0, 0.05) is 20.7 Å². The molecule has 0 aliphatic rings. The van der Waals surface area contributed by atoms with Crippen molar-refractivity contribution in [2.24, 2.45) is 0 Å². The molecule has 4 nitrogen and oxygen atoms in total. The fourth-order valence-electron chi connectivity index (χ4n) is 1.57. The van der Waals surface area contributed by atoms with Crippen LogP contribution in [0.5, 0.6) is 5.75 Å². The van der Waals surface area contributed by atoms with Gasteiger partial charge in [0.25, 0.3) is 5.91 Å². The molecule has 1 atom stereocenters. The predicted molar refractivity (Wildman–Crippen MR) is 65.9 cm³/mol. The first kappa shape index (κ1) is 14.4. The summed E-state index contributed by atoms with van der Waals surface area (Å²) in [4.78, 5) is 13.3. The van der Waals surface area contributed by atoms with Crippen molar-refractivity contribution in [1.29, 1.82) is 0 Å². The maximum absolute atomic E-state index is 13.5. The van der Waals surface area contributed by atoms with E-state index in [2.05, 4.69) is 0 Å². The van der Waals surface area contributed by atoms with Crippen LogP contribution in [0.15, 0.2) is 18.2 Å². The number of hydrogen-bond acceptors (Lipinski definition) is 3. The minimum absolute atomic E-state index is 0.145. The zero-order valence-corrected chi connectivity index (χ0v) is 11.1. The van der Waals surface area contributed by atoms with Gasteiger partial charge in [0.2, 0.25) is 0 Å². The van der Waals surface area contributed by atoms with Gasteiger partial charge in [0.1, 0.15) is 6.10 Å². The van der Waals surface area contributed by atoms with Crippen LogP contribution in [-0.2, 0) is 16.1 Å². The number of hydrogen-bond donors (Lipinski definition) is 0. The van der Waals surface area contributed by atoms with Crippen LogP contribution in [0.1, 0.15) is 12.5 Å². The Bertz CT molecular complexity index is 423. The third-order valence-electron chi connectivity index (χ3n) is 2.71. The molecule has 1 rings (SSSR count). The molecule has 0 heterocycles. The van der Waals surface area contributed by atoms with E-state index in [1.165, 1.54) is 25.2 Å². The van der Waals surface area contributed by atoms with Crippen molar-refractivity contribution in [3.05, 3.63) is 29.6 Å². The van der Waals surface area contributed by atoms with E-state index >= 15 is 0 Å². The number of nitrogens with zero attached hydrogens (tertiary/aromatic N) is 1. The number of carbonyl (C=O) groups is 1. The van der Waals surface area contributed by atoms with E-state index in [4.69, 9.17) is 9.47 Å². The molecule has 0 aliphatic heterocycles. The number of likely N-dealkylation sites (N-methyl/N-ethyl adjacent to an activating group) is 1. The highest BCUT2D eigenvalue weighted by Crippen LogP contribution is 2.18. The highest BCUT2D eigenvalue weighted by Gasteiger charge is 2.17. The number of benzene rings is 1. The summed E-state index contributed by atoms with van der Waals surface area (Å²) < 4.78 is 23.3. The summed E-state index contributed by atoms with van der Waals surface area (Å²) in [5.74, 6) is -0.387. The number of halogens is 1. The Kier molecular flexibility index (Phi) is 5.09. The summed E-state index contributed by atoms with van der Waals surface area (Å²) in [5.41, 5.74) is 0.701. The highest BCUT2D eigenvalue weighted by molar-refractivity contribution is 5.80. The van der Waals surface area contributed by atoms with E-state index in [0.29, 0.717) is 12.1 Å². The van der Waals surface area contributed by atoms with Crippen molar-refractivity contribution in [1.82, 2.24) is 4.90 Å². The van der Waals surface area contributed by atoms with Crippen molar-refractivity contribution in [2.45, 2.75) is 19.6 Å². The Hall–Kier alpha value is -1.62. The van der Waals surface area contributed by atoms with Gasteiger partial charge < -0.3 is 14.4 Å². The van der Waals surface area contributed by atoms with Crippen LogP contribution in [0, 0.1) is 5.82 Å². The lowest BCUT2D eigenvalue weighted by atomic mass is 10.2. The van der Waals surface area contributed by atoms with Crippen molar-refractivity contribution in [3.63, 3.8) is 0 Å². The van der Waals surface area contributed by atoms with E-state index < -0.39 is 11.9 Å². The average Bonchev–Trinajstić information content (AvgIpc) is 2.37. The second kappa shape index (κ2) is 6.35. The van der Waals surface area contributed by atoms with Gasteiger partial charge in [-0.15, -0.1) is 0 Å². The molecule has 5 heteroatoms. The van der Waals surface area contributed by atoms with Gasteiger partial charge in [0.15, 0.2) is 11.6 Å². The summed E-state index contributed by atoms with van der Waals surface area (Å²) in [7, 11) is 4.54. The van der Waals surface area contributed by atoms with E-state index in [-0.39, 0.29) is 11.7 Å². The monoisotopic (exact) mass is 255 g/mol. The van der Waals surface area contributed by atoms with Gasteiger partial charge in [0.05, 0.1) is 7.11 Å². The molecule has 0 spiro atoms. The largest absolute Gasteiger partial charge is 0.494 e. The summed E-state index contributed by atoms with van der Waals surface area (Å²) in [5, 5.41) is 0. The molecular formula is C13H18FNO3. The van der Waals surface area contributed by atoms with Crippen LogP contribution in [0.2, 0.25) is 0 Å². The molecular weight excluding hydrogens is 237 g/mol. The Balaban J connectivity index is 2.73. The second-order valence-electron chi connectivity index (χ2n) is 4.04. The van der Waals surface area contributed by atoms with Crippen LogP contribution in [0.3, 0.4) is 0 Å². The molecule has 1 unspecified atom stereocenters.